The van der Waals surface area contributed by atoms with E-state index in [4.69, 9.17) is 16.3 Å². The average Bonchev–Trinajstić information content (AvgIpc) is 2.82. The van der Waals surface area contributed by atoms with Crippen LogP contribution in [0.1, 0.15) is 15.9 Å². The molecule has 1 amide bonds. The second kappa shape index (κ2) is 9.62. The largest absolute Gasteiger partial charge is 0.472 e. The molecule has 0 unspecified atom stereocenters. The standard InChI is InChI=1S/C24H16ClF2N3O3/c25-17-5-1-15(2-6-17)14-33-22-11-12-23(31)30(29-22)19-8-3-16(4-9-19)24(32)28-21-13-18(26)7-10-20(21)27/h1-13H,14H2,(H,28,32). The number of amides is 1. The molecule has 0 atom stereocenters. The number of nitrogens with one attached hydrogen (secondary N) is 1. The van der Waals surface area contributed by atoms with Crippen LogP contribution in [0.5, 0.6) is 5.88 Å². The SMILES string of the molecule is O=C(Nc1cc(F)ccc1F)c1ccc(-n2nc(OCc3ccc(Cl)cc3)ccc2=O)cc1. The smallest absolute Gasteiger partial charge is 0.271 e. The maximum absolute atomic E-state index is 13.8. The zero-order chi connectivity index (χ0) is 23.4. The van der Waals surface area contributed by atoms with Crippen molar-refractivity contribution < 1.29 is 18.3 Å². The lowest BCUT2D eigenvalue weighted by Gasteiger charge is -2.10. The molecule has 0 aliphatic heterocycles. The molecule has 1 heterocycles. The third-order valence-corrected chi connectivity index (χ3v) is 4.88. The van der Waals surface area contributed by atoms with E-state index in [0.717, 1.165) is 28.4 Å². The quantitative estimate of drug-likeness (QED) is 0.433. The van der Waals surface area contributed by atoms with Crippen LogP contribution in [-0.4, -0.2) is 15.7 Å². The van der Waals surface area contributed by atoms with Gasteiger partial charge in [0.25, 0.3) is 11.5 Å². The Kier molecular flexibility index (Phi) is 6.46. The van der Waals surface area contributed by atoms with Crippen molar-refractivity contribution in [3.05, 3.63) is 117 Å². The van der Waals surface area contributed by atoms with Crippen molar-refractivity contribution in [2.45, 2.75) is 6.61 Å². The first-order valence-corrected chi connectivity index (χ1v) is 10.1. The highest BCUT2D eigenvalue weighted by Gasteiger charge is 2.12. The summed E-state index contributed by atoms with van der Waals surface area (Å²) in [6.07, 6.45) is 0. The lowest BCUT2D eigenvalue weighted by Crippen LogP contribution is -2.21. The molecule has 4 aromatic rings. The third kappa shape index (κ3) is 5.42. The molecule has 0 radical (unpaired) electrons. The lowest BCUT2D eigenvalue weighted by atomic mass is 10.2. The molecule has 0 saturated heterocycles. The first-order chi connectivity index (χ1) is 15.9. The number of nitrogens with zero attached hydrogens (tertiary/aromatic N) is 2. The molecule has 6 nitrogen and oxygen atoms in total. The molecule has 0 bridgehead atoms. The van der Waals surface area contributed by atoms with Gasteiger partial charge in [0.05, 0.1) is 11.4 Å². The fraction of sp³-hybridized carbons (Fsp3) is 0.0417. The van der Waals surface area contributed by atoms with E-state index in [-0.39, 0.29) is 23.7 Å². The van der Waals surface area contributed by atoms with Gasteiger partial charge in [0.1, 0.15) is 18.2 Å². The Morgan fingerprint density at radius 2 is 1.70 bits per heavy atom. The summed E-state index contributed by atoms with van der Waals surface area (Å²) < 4.78 is 33.8. The van der Waals surface area contributed by atoms with Crippen LogP contribution in [0, 0.1) is 11.6 Å². The van der Waals surface area contributed by atoms with E-state index in [9.17, 15) is 18.4 Å². The number of benzene rings is 3. The van der Waals surface area contributed by atoms with Crippen LogP contribution < -0.4 is 15.6 Å². The fourth-order valence-corrected chi connectivity index (χ4v) is 3.06. The number of rotatable bonds is 6. The van der Waals surface area contributed by atoms with Crippen molar-refractivity contribution in [2.75, 3.05) is 5.32 Å². The van der Waals surface area contributed by atoms with Gasteiger partial charge < -0.3 is 10.1 Å². The van der Waals surface area contributed by atoms with Crippen LogP contribution >= 0.6 is 11.6 Å². The number of hydrogen-bond acceptors (Lipinski definition) is 4. The summed E-state index contributed by atoms with van der Waals surface area (Å²) in [4.78, 5) is 24.7. The van der Waals surface area contributed by atoms with Crippen LogP contribution in [0.15, 0.2) is 83.7 Å². The monoisotopic (exact) mass is 467 g/mol. The Morgan fingerprint density at radius 3 is 2.42 bits per heavy atom. The molecule has 3 aromatic carbocycles. The Hall–Kier alpha value is -4.04. The van der Waals surface area contributed by atoms with Gasteiger partial charge >= 0.3 is 0 Å². The molecule has 4 rings (SSSR count). The number of ether oxygens (including phenoxy) is 1. The number of anilines is 1. The number of aromatic nitrogens is 2. The first-order valence-electron chi connectivity index (χ1n) is 9.73. The molecule has 0 aliphatic rings. The van der Waals surface area contributed by atoms with E-state index in [2.05, 4.69) is 10.4 Å². The van der Waals surface area contributed by atoms with E-state index in [1.165, 1.54) is 36.4 Å². The molecule has 1 aromatic heterocycles. The Bertz CT molecular complexity index is 1360. The number of hydrogen-bond donors (Lipinski definition) is 1. The van der Waals surface area contributed by atoms with Gasteiger partial charge in [-0.3, -0.25) is 9.59 Å². The van der Waals surface area contributed by atoms with Gasteiger partial charge in [0, 0.05) is 28.8 Å². The zero-order valence-electron chi connectivity index (χ0n) is 17.0. The molecule has 0 fully saturated rings. The number of carbonyl (C=O) groups excluding carboxylic acids is 1. The van der Waals surface area contributed by atoms with Crippen LogP contribution in [-0.2, 0) is 6.61 Å². The lowest BCUT2D eigenvalue weighted by molar-refractivity contribution is 0.102. The normalized spacial score (nSPS) is 10.6. The van der Waals surface area contributed by atoms with Crippen molar-refractivity contribution in [3.8, 4) is 11.6 Å². The first kappa shape index (κ1) is 22.2. The summed E-state index contributed by atoms with van der Waals surface area (Å²) in [5.41, 5.74) is 0.792. The van der Waals surface area contributed by atoms with Crippen molar-refractivity contribution in [2.24, 2.45) is 0 Å². The maximum Gasteiger partial charge on any atom is 0.271 e. The van der Waals surface area contributed by atoms with Gasteiger partial charge in [-0.1, -0.05) is 23.7 Å². The molecule has 0 aliphatic carbocycles. The molecule has 9 heteroatoms. The van der Waals surface area contributed by atoms with Crippen molar-refractivity contribution in [3.63, 3.8) is 0 Å². The molecule has 33 heavy (non-hydrogen) atoms. The summed E-state index contributed by atoms with van der Waals surface area (Å²) in [5.74, 6) is -1.84. The van der Waals surface area contributed by atoms with Gasteiger partial charge in [-0.25, -0.2) is 8.78 Å². The van der Waals surface area contributed by atoms with Crippen LogP contribution in [0.4, 0.5) is 14.5 Å². The zero-order valence-corrected chi connectivity index (χ0v) is 17.7. The third-order valence-electron chi connectivity index (χ3n) is 4.63. The predicted octanol–water partition coefficient (Wildman–Crippen LogP) is 5.00. The highest BCUT2D eigenvalue weighted by molar-refractivity contribution is 6.30. The Balaban J connectivity index is 1.49. The fourth-order valence-electron chi connectivity index (χ4n) is 2.94. The summed E-state index contributed by atoms with van der Waals surface area (Å²) in [6, 6.07) is 18.6. The maximum atomic E-state index is 13.8. The number of halogens is 3. The van der Waals surface area contributed by atoms with E-state index in [1.54, 1.807) is 12.1 Å². The van der Waals surface area contributed by atoms with Crippen molar-refractivity contribution in [1.29, 1.82) is 0 Å². The summed E-state index contributed by atoms with van der Waals surface area (Å²) in [6.45, 7) is 0.234. The number of carbonyl (C=O) groups is 1. The minimum atomic E-state index is -0.757. The van der Waals surface area contributed by atoms with Gasteiger partial charge in [-0.15, -0.1) is 5.10 Å². The summed E-state index contributed by atoms with van der Waals surface area (Å²) >= 11 is 5.87. The average molecular weight is 468 g/mol. The van der Waals surface area contributed by atoms with Crippen LogP contribution in [0.2, 0.25) is 5.02 Å². The Morgan fingerprint density at radius 1 is 0.970 bits per heavy atom. The molecule has 0 spiro atoms. The van der Waals surface area contributed by atoms with E-state index >= 15 is 0 Å². The van der Waals surface area contributed by atoms with Gasteiger partial charge in [0.15, 0.2) is 0 Å². The minimum Gasteiger partial charge on any atom is -0.472 e. The highest BCUT2D eigenvalue weighted by Crippen LogP contribution is 2.17. The van der Waals surface area contributed by atoms with Gasteiger partial charge in [-0.05, 0) is 54.1 Å². The predicted molar refractivity (Wildman–Crippen MR) is 120 cm³/mol. The van der Waals surface area contributed by atoms with E-state index in [0.29, 0.717) is 10.7 Å². The second-order valence-corrected chi connectivity index (χ2v) is 7.40. The Labute approximate surface area is 192 Å². The molecule has 0 saturated carbocycles. The van der Waals surface area contributed by atoms with Crippen molar-refractivity contribution in [1.82, 2.24) is 9.78 Å². The molecule has 166 valence electrons. The van der Waals surface area contributed by atoms with Gasteiger partial charge in [0.2, 0.25) is 5.88 Å². The van der Waals surface area contributed by atoms with Crippen molar-refractivity contribution >= 4 is 23.2 Å². The summed E-state index contributed by atoms with van der Waals surface area (Å²) in [7, 11) is 0. The molecular weight excluding hydrogens is 452 g/mol. The topological polar surface area (TPSA) is 73.2 Å². The van der Waals surface area contributed by atoms with Gasteiger partial charge in [-0.2, -0.15) is 4.68 Å². The molecular formula is C24H16ClF2N3O3. The highest BCUT2D eigenvalue weighted by atomic mass is 35.5. The van der Waals surface area contributed by atoms with E-state index < -0.39 is 23.1 Å². The van der Waals surface area contributed by atoms with Crippen LogP contribution in [0.3, 0.4) is 0 Å². The minimum absolute atomic E-state index is 0.186. The summed E-state index contributed by atoms with van der Waals surface area (Å²) in [5, 5.41) is 7.13. The second-order valence-electron chi connectivity index (χ2n) is 6.96. The van der Waals surface area contributed by atoms with Crippen LogP contribution in [0.25, 0.3) is 5.69 Å². The molecule has 1 N–H and O–H groups in total. The van der Waals surface area contributed by atoms with E-state index in [1.807, 2.05) is 12.1 Å².